The van der Waals surface area contributed by atoms with Crippen LogP contribution in [-0.4, -0.2) is 14.1 Å². The highest BCUT2D eigenvalue weighted by atomic mass is 32.2. The molecule has 1 atom stereocenters. The Balaban J connectivity index is 1.69. The van der Waals surface area contributed by atoms with Gasteiger partial charge in [0.25, 0.3) is 10.0 Å². The summed E-state index contributed by atoms with van der Waals surface area (Å²) in [5.74, 6) is 0. The van der Waals surface area contributed by atoms with Gasteiger partial charge in [-0.3, -0.25) is 4.99 Å². The maximum Gasteiger partial charge on any atom is 0.268 e. The smallest absolute Gasteiger partial charge is 0.257 e. The molecule has 0 N–H and O–H groups in total. The SMILES string of the molecule is CC1=Nc2ccccc2[C@@]1(C)C/C=C/N(c1ccccc1)S(=O)(=O)c1ccccc1. The van der Waals surface area contributed by atoms with E-state index in [9.17, 15) is 8.42 Å². The first-order valence-electron chi connectivity index (χ1n) is 9.89. The molecule has 0 radical (unpaired) electrons. The van der Waals surface area contributed by atoms with Crippen molar-refractivity contribution in [1.82, 2.24) is 0 Å². The number of para-hydroxylation sites is 2. The van der Waals surface area contributed by atoms with Crippen molar-refractivity contribution < 1.29 is 8.42 Å². The lowest BCUT2D eigenvalue weighted by Crippen LogP contribution is -2.28. The minimum atomic E-state index is -3.73. The molecule has 1 heterocycles. The van der Waals surface area contributed by atoms with Gasteiger partial charge in [0.15, 0.2) is 0 Å². The van der Waals surface area contributed by atoms with E-state index in [2.05, 4.69) is 13.0 Å². The first-order chi connectivity index (χ1) is 14.4. The van der Waals surface area contributed by atoms with Gasteiger partial charge in [-0.15, -0.1) is 0 Å². The highest BCUT2D eigenvalue weighted by Crippen LogP contribution is 2.42. The second-order valence-corrected chi connectivity index (χ2v) is 9.40. The van der Waals surface area contributed by atoms with Crippen LogP contribution in [0.3, 0.4) is 0 Å². The summed E-state index contributed by atoms with van der Waals surface area (Å²) in [6.07, 6.45) is 4.23. The van der Waals surface area contributed by atoms with Gasteiger partial charge in [-0.2, -0.15) is 0 Å². The molecule has 0 spiro atoms. The summed E-state index contributed by atoms with van der Waals surface area (Å²) in [5, 5.41) is 0. The molecule has 152 valence electrons. The zero-order valence-corrected chi connectivity index (χ0v) is 17.9. The van der Waals surface area contributed by atoms with E-state index in [4.69, 9.17) is 4.99 Å². The second-order valence-electron chi connectivity index (χ2n) is 7.58. The average Bonchev–Trinajstić information content (AvgIpc) is 3.02. The molecule has 4 nitrogen and oxygen atoms in total. The minimum absolute atomic E-state index is 0.258. The van der Waals surface area contributed by atoms with Gasteiger partial charge in [0.2, 0.25) is 0 Å². The van der Waals surface area contributed by atoms with Crippen LogP contribution in [0.25, 0.3) is 0 Å². The molecular formula is C25H24N2O2S. The van der Waals surface area contributed by atoms with Crippen molar-refractivity contribution in [1.29, 1.82) is 0 Å². The number of allylic oxidation sites excluding steroid dienone is 1. The van der Waals surface area contributed by atoms with Crippen LogP contribution in [-0.2, 0) is 15.4 Å². The van der Waals surface area contributed by atoms with Crippen LogP contribution >= 0.6 is 0 Å². The summed E-state index contributed by atoms with van der Waals surface area (Å²) in [6.45, 7) is 4.18. The van der Waals surface area contributed by atoms with Crippen molar-refractivity contribution in [2.24, 2.45) is 4.99 Å². The van der Waals surface area contributed by atoms with Crippen LogP contribution < -0.4 is 4.31 Å². The molecular weight excluding hydrogens is 392 g/mol. The van der Waals surface area contributed by atoms with Gasteiger partial charge >= 0.3 is 0 Å². The van der Waals surface area contributed by atoms with E-state index < -0.39 is 10.0 Å². The molecule has 0 aromatic heterocycles. The van der Waals surface area contributed by atoms with E-state index in [1.165, 1.54) is 9.87 Å². The molecule has 0 saturated carbocycles. The lowest BCUT2D eigenvalue weighted by Gasteiger charge is -2.26. The number of nitrogens with zero attached hydrogens (tertiary/aromatic N) is 2. The molecule has 30 heavy (non-hydrogen) atoms. The van der Waals surface area contributed by atoms with E-state index >= 15 is 0 Å². The van der Waals surface area contributed by atoms with Gasteiger partial charge in [0.1, 0.15) is 0 Å². The number of anilines is 1. The number of benzene rings is 3. The maximum atomic E-state index is 13.4. The van der Waals surface area contributed by atoms with Gasteiger partial charge in [-0.05, 0) is 56.2 Å². The molecule has 5 heteroatoms. The molecule has 1 aliphatic heterocycles. The summed E-state index contributed by atoms with van der Waals surface area (Å²) in [4.78, 5) is 4.97. The van der Waals surface area contributed by atoms with Crippen molar-refractivity contribution in [2.45, 2.75) is 30.6 Å². The van der Waals surface area contributed by atoms with Crippen LogP contribution in [0.4, 0.5) is 11.4 Å². The van der Waals surface area contributed by atoms with E-state index in [0.29, 0.717) is 12.1 Å². The third-order valence-corrected chi connectivity index (χ3v) is 7.38. The number of fused-ring (bicyclic) bond motifs is 1. The van der Waals surface area contributed by atoms with Crippen molar-refractivity contribution >= 4 is 27.1 Å². The van der Waals surface area contributed by atoms with E-state index in [-0.39, 0.29) is 10.3 Å². The molecule has 0 unspecified atom stereocenters. The Morgan fingerprint density at radius 3 is 2.20 bits per heavy atom. The quantitative estimate of drug-likeness (QED) is 0.506. The first kappa shape index (κ1) is 20.1. The van der Waals surface area contributed by atoms with Gasteiger partial charge in [0, 0.05) is 17.3 Å². The molecule has 0 fully saturated rings. The number of sulfonamides is 1. The predicted molar refractivity (Wildman–Crippen MR) is 123 cm³/mol. The van der Waals surface area contributed by atoms with Gasteiger partial charge in [0.05, 0.1) is 16.3 Å². The third-order valence-electron chi connectivity index (χ3n) is 5.66. The Labute approximate surface area is 178 Å². The maximum absolute atomic E-state index is 13.4. The Hall–Kier alpha value is -3.18. The zero-order valence-electron chi connectivity index (χ0n) is 17.1. The highest BCUT2D eigenvalue weighted by molar-refractivity contribution is 7.93. The topological polar surface area (TPSA) is 49.7 Å². The van der Waals surface area contributed by atoms with Crippen LogP contribution in [0.1, 0.15) is 25.8 Å². The fourth-order valence-electron chi connectivity index (χ4n) is 3.76. The molecule has 0 amide bonds. The normalized spacial score (nSPS) is 18.3. The van der Waals surface area contributed by atoms with Crippen LogP contribution in [0.15, 0.2) is 107 Å². The van der Waals surface area contributed by atoms with Crippen molar-refractivity contribution in [3.05, 3.63) is 103 Å². The number of rotatable bonds is 6. The van der Waals surface area contributed by atoms with Crippen molar-refractivity contribution in [3.8, 4) is 0 Å². The molecule has 3 aromatic rings. The van der Waals surface area contributed by atoms with Crippen LogP contribution in [0.2, 0.25) is 0 Å². The first-order valence-corrected chi connectivity index (χ1v) is 11.3. The Kier molecular flexibility index (Phi) is 5.31. The van der Waals surface area contributed by atoms with E-state index in [1.54, 1.807) is 42.6 Å². The molecule has 0 saturated heterocycles. The van der Waals surface area contributed by atoms with Gasteiger partial charge < -0.3 is 0 Å². The number of hydrogen-bond donors (Lipinski definition) is 0. The standard InChI is InChI=1S/C25H24N2O2S/c1-20-25(2,23-16-9-10-17-24(23)26-20)18-11-19-27(21-12-5-3-6-13-21)30(28,29)22-14-7-4-8-15-22/h3-17,19H,18H2,1-2H3/b19-11+/t25-/m0/s1. The molecule has 4 rings (SSSR count). The largest absolute Gasteiger partial charge is 0.268 e. The Bertz CT molecular complexity index is 1200. The molecule has 3 aromatic carbocycles. The van der Waals surface area contributed by atoms with Crippen molar-refractivity contribution in [2.75, 3.05) is 4.31 Å². The van der Waals surface area contributed by atoms with Crippen LogP contribution in [0.5, 0.6) is 0 Å². The molecule has 0 aliphatic carbocycles. The average molecular weight is 417 g/mol. The monoisotopic (exact) mass is 416 g/mol. The predicted octanol–water partition coefficient (Wildman–Crippen LogP) is 5.85. The Morgan fingerprint density at radius 2 is 1.50 bits per heavy atom. The molecule has 0 bridgehead atoms. The van der Waals surface area contributed by atoms with Gasteiger partial charge in [-0.1, -0.05) is 60.7 Å². The van der Waals surface area contributed by atoms with Gasteiger partial charge in [-0.25, -0.2) is 12.7 Å². The third kappa shape index (κ3) is 3.57. The van der Waals surface area contributed by atoms with E-state index in [1.807, 2.05) is 55.5 Å². The fraction of sp³-hybridized carbons (Fsp3) is 0.160. The number of aliphatic imine (C=N–C) groups is 1. The summed E-state index contributed by atoms with van der Waals surface area (Å²) >= 11 is 0. The summed E-state index contributed by atoms with van der Waals surface area (Å²) in [6, 6.07) is 25.8. The second kappa shape index (κ2) is 7.92. The summed E-state index contributed by atoms with van der Waals surface area (Å²) < 4.78 is 28.1. The highest BCUT2D eigenvalue weighted by Gasteiger charge is 2.35. The fourth-order valence-corrected chi connectivity index (χ4v) is 5.14. The van der Waals surface area contributed by atoms with Crippen LogP contribution in [0, 0.1) is 0 Å². The zero-order chi connectivity index (χ0) is 21.2. The van der Waals surface area contributed by atoms with E-state index in [0.717, 1.165) is 11.4 Å². The summed E-state index contributed by atoms with van der Waals surface area (Å²) in [7, 11) is -3.73. The Morgan fingerprint density at radius 1 is 0.900 bits per heavy atom. The molecule has 1 aliphatic rings. The minimum Gasteiger partial charge on any atom is -0.257 e. The lowest BCUT2D eigenvalue weighted by molar-refractivity contribution is 0.595. The summed E-state index contributed by atoms with van der Waals surface area (Å²) in [5.41, 5.74) is 3.53. The van der Waals surface area contributed by atoms with Crippen molar-refractivity contribution in [3.63, 3.8) is 0 Å². The lowest BCUT2D eigenvalue weighted by atomic mass is 9.77. The number of hydrogen-bond acceptors (Lipinski definition) is 3.